The zero-order valence-corrected chi connectivity index (χ0v) is 49.4. The molecule has 0 aliphatic carbocycles. The summed E-state index contributed by atoms with van der Waals surface area (Å²) in [4.78, 5) is 24.6. The summed E-state index contributed by atoms with van der Waals surface area (Å²) in [6.07, 6.45) is 77.7. The molecule has 0 aromatic heterocycles. The molecule has 0 aromatic rings. The fraction of sp³-hybridized carbons (Fsp3) is 0.910. The van der Waals surface area contributed by atoms with Gasteiger partial charge in [-0.2, -0.15) is 0 Å². The molecule has 0 saturated heterocycles. The number of aliphatic hydroxyl groups is 2. The maximum Gasteiger partial charge on any atom is 0.305 e. The Morgan fingerprint density at radius 1 is 0.370 bits per heavy atom. The lowest BCUT2D eigenvalue weighted by atomic mass is 10.0. The second kappa shape index (κ2) is 62.9. The molecule has 0 aromatic carbocycles. The Morgan fingerprint density at radius 3 is 0.973 bits per heavy atom. The van der Waals surface area contributed by atoms with Crippen LogP contribution >= 0.6 is 0 Å². The third-order valence-corrected chi connectivity index (χ3v) is 15.5. The van der Waals surface area contributed by atoms with Gasteiger partial charge in [-0.3, -0.25) is 9.59 Å². The molecule has 3 N–H and O–H groups in total. The lowest BCUT2D eigenvalue weighted by Gasteiger charge is -2.22. The van der Waals surface area contributed by atoms with E-state index < -0.39 is 12.1 Å². The molecule has 0 saturated carbocycles. The van der Waals surface area contributed by atoms with Crippen LogP contribution in [0.2, 0.25) is 0 Å². The lowest BCUT2D eigenvalue weighted by molar-refractivity contribution is -0.143. The van der Waals surface area contributed by atoms with E-state index in [2.05, 4.69) is 43.5 Å². The third-order valence-electron chi connectivity index (χ3n) is 15.5. The van der Waals surface area contributed by atoms with Gasteiger partial charge in [-0.25, -0.2) is 0 Å². The summed E-state index contributed by atoms with van der Waals surface area (Å²) in [5.41, 5.74) is 0. The molecular formula is C67H129NO5. The van der Waals surface area contributed by atoms with Crippen LogP contribution in [0, 0.1) is 0 Å². The van der Waals surface area contributed by atoms with E-state index in [1.807, 2.05) is 0 Å². The van der Waals surface area contributed by atoms with Crippen LogP contribution in [0.5, 0.6) is 0 Å². The predicted octanol–water partition coefficient (Wildman–Crippen LogP) is 21.0. The fourth-order valence-corrected chi connectivity index (χ4v) is 10.4. The normalized spacial score (nSPS) is 12.7. The first kappa shape index (κ1) is 71.3. The average Bonchev–Trinajstić information content (AvgIpc) is 3.39. The van der Waals surface area contributed by atoms with Gasteiger partial charge in [0.1, 0.15) is 0 Å². The number of hydrogen-bond donors (Lipinski definition) is 3. The quantitative estimate of drug-likeness (QED) is 0.0320. The van der Waals surface area contributed by atoms with Crippen molar-refractivity contribution in [3.63, 3.8) is 0 Å². The number of hydrogen-bond acceptors (Lipinski definition) is 5. The highest BCUT2D eigenvalue weighted by Crippen LogP contribution is 2.18. The molecule has 2 atom stereocenters. The molecule has 1 amide bonds. The molecule has 0 aliphatic rings. The molecule has 0 heterocycles. The van der Waals surface area contributed by atoms with E-state index in [0.717, 1.165) is 44.9 Å². The number of aliphatic hydroxyl groups excluding tert-OH is 2. The monoisotopic (exact) mass is 1030 g/mol. The minimum atomic E-state index is -0.666. The van der Waals surface area contributed by atoms with Crippen molar-refractivity contribution in [3.05, 3.63) is 24.3 Å². The standard InChI is InChI=1S/C67H129NO5/c1-3-5-7-9-11-13-15-17-19-33-37-41-45-49-53-57-61-67(72)73-62-58-54-50-46-42-38-34-30-28-26-24-22-20-21-23-25-27-29-32-36-40-44-48-52-56-60-66(71)68-64(63-69)65(70)59-55-51-47-43-39-35-31-18-16-14-12-10-8-6-4-2/h19,21,23,33,64-65,69-70H,3-18,20,22,24-32,34-63H2,1-2H3,(H,68,71)/b23-21-,33-19-. The van der Waals surface area contributed by atoms with E-state index in [1.54, 1.807) is 0 Å². The molecule has 6 nitrogen and oxygen atoms in total. The molecule has 0 bridgehead atoms. The highest BCUT2D eigenvalue weighted by atomic mass is 16.5. The first-order valence-electron chi connectivity index (χ1n) is 33.1. The van der Waals surface area contributed by atoms with Crippen LogP contribution in [-0.2, 0) is 14.3 Å². The van der Waals surface area contributed by atoms with Gasteiger partial charge in [0.05, 0.1) is 25.4 Å². The number of amides is 1. The van der Waals surface area contributed by atoms with Gasteiger partial charge < -0.3 is 20.3 Å². The van der Waals surface area contributed by atoms with Gasteiger partial charge >= 0.3 is 5.97 Å². The maximum atomic E-state index is 12.5. The van der Waals surface area contributed by atoms with Gasteiger partial charge in [0, 0.05) is 12.8 Å². The van der Waals surface area contributed by atoms with Crippen LogP contribution in [0.4, 0.5) is 0 Å². The van der Waals surface area contributed by atoms with Crippen molar-refractivity contribution in [1.82, 2.24) is 5.32 Å². The SMILES string of the molecule is CCCCCCCCC/C=C\CCCCCCCC(=O)OCCCCCCCCCCCCCC/C=C\CCCCCCCCCCCC(=O)NC(CO)C(O)CCCCCCCCCCCCCCCCC. The van der Waals surface area contributed by atoms with Gasteiger partial charge in [0.2, 0.25) is 5.91 Å². The van der Waals surface area contributed by atoms with Crippen molar-refractivity contribution < 1.29 is 24.5 Å². The fourth-order valence-electron chi connectivity index (χ4n) is 10.4. The van der Waals surface area contributed by atoms with Crippen LogP contribution in [-0.4, -0.2) is 47.4 Å². The smallest absolute Gasteiger partial charge is 0.305 e. The van der Waals surface area contributed by atoms with Crippen LogP contribution < -0.4 is 5.32 Å². The Balaban J connectivity index is 3.38. The minimum Gasteiger partial charge on any atom is -0.466 e. The van der Waals surface area contributed by atoms with E-state index in [-0.39, 0.29) is 18.5 Å². The van der Waals surface area contributed by atoms with Crippen molar-refractivity contribution in [2.75, 3.05) is 13.2 Å². The van der Waals surface area contributed by atoms with E-state index in [4.69, 9.17) is 4.74 Å². The number of allylic oxidation sites excluding steroid dienone is 4. The summed E-state index contributed by atoms with van der Waals surface area (Å²) in [6.45, 7) is 4.97. The second-order valence-electron chi connectivity index (χ2n) is 22.8. The summed E-state index contributed by atoms with van der Waals surface area (Å²) in [6, 6.07) is -0.543. The zero-order chi connectivity index (χ0) is 52.9. The Hall–Kier alpha value is -1.66. The van der Waals surface area contributed by atoms with Crippen molar-refractivity contribution in [1.29, 1.82) is 0 Å². The van der Waals surface area contributed by atoms with Gasteiger partial charge in [-0.1, -0.05) is 301 Å². The molecule has 2 unspecified atom stereocenters. The van der Waals surface area contributed by atoms with Gasteiger partial charge in [0.25, 0.3) is 0 Å². The molecule has 6 heteroatoms. The highest BCUT2D eigenvalue weighted by Gasteiger charge is 2.20. The number of unbranched alkanes of at least 4 members (excludes halogenated alkanes) is 47. The molecule has 0 spiro atoms. The van der Waals surface area contributed by atoms with E-state index >= 15 is 0 Å². The van der Waals surface area contributed by atoms with E-state index in [0.29, 0.717) is 25.9 Å². The van der Waals surface area contributed by atoms with Gasteiger partial charge in [-0.05, 0) is 77.0 Å². The second-order valence-corrected chi connectivity index (χ2v) is 22.8. The van der Waals surface area contributed by atoms with Crippen molar-refractivity contribution in [2.45, 2.75) is 379 Å². The molecule has 0 rings (SSSR count). The predicted molar refractivity (Wildman–Crippen MR) is 320 cm³/mol. The molecule has 0 fully saturated rings. The Labute approximate surface area is 456 Å². The number of carbonyl (C=O) groups excluding carboxylic acids is 2. The molecule has 0 aliphatic heterocycles. The number of ether oxygens (including phenoxy) is 1. The maximum absolute atomic E-state index is 12.5. The number of nitrogens with one attached hydrogen (secondary N) is 1. The van der Waals surface area contributed by atoms with Gasteiger partial charge in [-0.15, -0.1) is 0 Å². The largest absolute Gasteiger partial charge is 0.466 e. The van der Waals surface area contributed by atoms with E-state index in [9.17, 15) is 19.8 Å². The highest BCUT2D eigenvalue weighted by molar-refractivity contribution is 5.76. The van der Waals surface area contributed by atoms with Crippen molar-refractivity contribution >= 4 is 11.9 Å². The number of rotatable bonds is 62. The first-order valence-corrected chi connectivity index (χ1v) is 33.1. The van der Waals surface area contributed by atoms with Crippen LogP contribution in [0.15, 0.2) is 24.3 Å². The summed E-state index contributed by atoms with van der Waals surface area (Å²) < 4.78 is 5.49. The Morgan fingerprint density at radius 2 is 0.644 bits per heavy atom. The number of esters is 1. The lowest BCUT2D eigenvalue weighted by Crippen LogP contribution is -2.45. The molecular weight excluding hydrogens is 899 g/mol. The van der Waals surface area contributed by atoms with Crippen LogP contribution in [0.25, 0.3) is 0 Å². The summed E-state index contributed by atoms with van der Waals surface area (Å²) in [5, 5.41) is 23.3. The molecule has 0 radical (unpaired) electrons. The Kier molecular flexibility index (Phi) is 61.4. The van der Waals surface area contributed by atoms with Crippen molar-refractivity contribution in [2.24, 2.45) is 0 Å². The van der Waals surface area contributed by atoms with Crippen molar-refractivity contribution in [3.8, 4) is 0 Å². The first-order chi connectivity index (χ1) is 36.0. The molecule has 73 heavy (non-hydrogen) atoms. The molecule has 432 valence electrons. The Bertz CT molecular complexity index is 1140. The average molecular weight is 1030 g/mol. The van der Waals surface area contributed by atoms with Crippen LogP contribution in [0.1, 0.15) is 367 Å². The minimum absolute atomic E-state index is 0.00663. The van der Waals surface area contributed by atoms with Crippen LogP contribution in [0.3, 0.4) is 0 Å². The summed E-state index contributed by atoms with van der Waals surface area (Å²) >= 11 is 0. The van der Waals surface area contributed by atoms with Gasteiger partial charge in [0.15, 0.2) is 0 Å². The number of carbonyl (C=O) groups is 2. The van der Waals surface area contributed by atoms with E-state index in [1.165, 1.54) is 289 Å². The summed E-state index contributed by atoms with van der Waals surface area (Å²) in [7, 11) is 0. The zero-order valence-electron chi connectivity index (χ0n) is 49.4. The summed E-state index contributed by atoms with van der Waals surface area (Å²) in [5.74, 6) is -0.0292. The topological polar surface area (TPSA) is 95.9 Å². The third kappa shape index (κ3) is 59.4.